The maximum Gasteiger partial charge on any atom is -0.0106 e. The van der Waals surface area contributed by atoms with Gasteiger partial charge in [-0.25, -0.2) is 0 Å². The van der Waals surface area contributed by atoms with Gasteiger partial charge in [0.1, 0.15) is 0 Å². The van der Waals surface area contributed by atoms with E-state index in [2.05, 4.69) is 50.3 Å². The molecule has 23 heavy (non-hydrogen) atoms. The Labute approximate surface area is 139 Å². The molecule has 0 aliphatic heterocycles. The molecular formula is C23H28. The Kier molecular flexibility index (Phi) is 4.01. The number of fused-ring (bicyclic) bond motifs is 4. The zero-order valence-corrected chi connectivity index (χ0v) is 14.6. The van der Waals surface area contributed by atoms with Gasteiger partial charge in [0.2, 0.25) is 0 Å². The summed E-state index contributed by atoms with van der Waals surface area (Å²) in [7, 11) is 0. The molecule has 0 saturated heterocycles. The van der Waals surface area contributed by atoms with Crippen molar-refractivity contribution >= 4 is 22.9 Å². The molecule has 2 aromatic rings. The van der Waals surface area contributed by atoms with Crippen LogP contribution in [0.1, 0.15) is 57.1 Å². The number of hydrogen-bond donors (Lipinski definition) is 0. The van der Waals surface area contributed by atoms with E-state index < -0.39 is 0 Å². The highest BCUT2D eigenvalue weighted by atomic mass is 14.4. The first-order valence-electron chi connectivity index (χ1n) is 9.59. The summed E-state index contributed by atoms with van der Waals surface area (Å²) in [6.07, 6.45) is 14.2. The van der Waals surface area contributed by atoms with Crippen LogP contribution in [0.5, 0.6) is 0 Å². The first-order chi connectivity index (χ1) is 11.3. The summed E-state index contributed by atoms with van der Waals surface area (Å²) in [5.74, 6) is 1.66. The zero-order chi connectivity index (χ0) is 15.8. The minimum atomic E-state index is 0.825. The molecule has 2 aromatic carbocycles. The van der Waals surface area contributed by atoms with Crippen molar-refractivity contribution in [3.8, 4) is 0 Å². The Bertz CT molecular complexity index is 840. The smallest absolute Gasteiger partial charge is 0.0106 e. The number of benzene rings is 2. The molecule has 2 atom stereocenters. The fourth-order valence-corrected chi connectivity index (χ4v) is 4.31. The van der Waals surface area contributed by atoms with Gasteiger partial charge in [0, 0.05) is 0 Å². The molecular weight excluding hydrogens is 276 g/mol. The predicted octanol–water partition coefficient (Wildman–Crippen LogP) is 4.74. The Morgan fingerprint density at radius 1 is 0.783 bits per heavy atom. The minimum Gasteiger partial charge on any atom is -0.0726 e. The molecule has 1 saturated carbocycles. The van der Waals surface area contributed by atoms with E-state index in [4.69, 9.17) is 0 Å². The van der Waals surface area contributed by atoms with Crippen molar-refractivity contribution in [1.82, 2.24) is 0 Å². The summed E-state index contributed by atoms with van der Waals surface area (Å²) >= 11 is 0. The third-order valence-electron chi connectivity index (χ3n) is 5.74. The van der Waals surface area contributed by atoms with Crippen molar-refractivity contribution in [2.45, 2.75) is 58.8 Å². The Morgan fingerprint density at radius 3 is 2.09 bits per heavy atom. The summed E-state index contributed by atoms with van der Waals surface area (Å²) in [5.41, 5.74) is 3.33. The third kappa shape index (κ3) is 2.63. The van der Waals surface area contributed by atoms with Crippen molar-refractivity contribution in [1.29, 1.82) is 0 Å². The number of aryl methyl sites for hydroxylation is 1. The maximum atomic E-state index is 2.62. The van der Waals surface area contributed by atoms with Gasteiger partial charge in [-0.3, -0.25) is 0 Å². The largest absolute Gasteiger partial charge is 0.0726 e. The van der Waals surface area contributed by atoms with E-state index in [0.29, 0.717) is 0 Å². The first-order valence-corrected chi connectivity index (χ1v) is 9.59. The Balaban J connectivity index is 2.02. The van der Waals surface area contributed by atoms with Crippen molar-refractivity contribution < 1.29 is 0 Å². The van der Waals surface area contributed by atoms with E-state index in [1.807, 2.05) is 0 Å². The van der Waals surface area contributed by atoms with E-state index in [1.165, 1.54) is 55.7 Å². The first kappa shape index (κ1) is 15.0. The molecule has 120 valence electrons. The molecule has 0 bridgehead atoms. The average Bonchev–Trinajstić information content (AvgIpc) is 3.35. The molecule has 0 heteroatoms. The van der Waals surface area contributed by atoms with Gasteiger partial charge in [-0.2, -0.15) is 0 Å². The molecule has 0 nitrogen and oxygen atoms in total. The van der Waals surface area contributed by atoms with Gasteiger partial charge in [-0.15, -0.1) is 0 Å². The van der Waals surface area contributed by atoms with Crippen LogP contribution in [-0.2, 0) is 12.8 Å². The fourth-order valence-electron chi connectivity index (χ4n) is 4.31. The summed E-state index contributed by atoms with van der Waals surface area (Å²) < 4.78 is 0. The zero-order valence-electron chi connectivity index (χ0n) is 14.6. The van der Waals surface area contributed by atoms with Gasteiger partial charge >= 0.3 is 0 Å². The van der Waals surface area contributed by atoms with Crippen LogP contribution >= 0.6 is 0 Å². The highest BCUT2D eigenvalue weighted by Gasteiger charge is 2.35. The minimum absolute atomic E-state index is 0.825. The molecule has 0 spiro atoms. The predicted molar refractivity (Wildman–Crippen MR) is 101 cm³/mol. The topological polar surface area (TPSA) is 0 Å². The van der Waals surface area contributed by atoms with Gasteiger partial charge < -0.3 is 0 Å². The molecule has 0 heterocycles. The van der Waals surface area contributed by atoms with Gasteiger partial charge in [-0.05, 0) is 76.3 Å². The molecule has 2 aliphatic rings. The van der Waals surface area contributed by atoms with Crippen LogP contribution in [-0.4, -0.2) is 0 Å². The van der Waals surface area contributed by atoms with Crippen molar-refractivity contribution in [2.75, 3.05) is 0 Å². The fraction of sp³-hybridized carbons (Fsp3) is 0.478. The van der Waals surface area contributed by atoms with Crippen LogP contribution in [0, 0.1) is 11.8 Å². The van der Waals surface area contributed by atoms with Crippen LogP contribution in [0.25, 0.3) is 22.9 Å². The molecule has 2 unspecified atom stereocenters. The lowest BCUT2D eigenvalue weighted by molar-refractivity contribution is 0.757. The number of rotatable bonds is 6. The third-order valence-corrected chi connectivity index (χ3v) is 5.74. The lowest BCUT2D eigenvalue weighted by atomic mass is 9.87. The summed E-state index contributed by atoms with van der Waals surface area (Å²) in [6.45, 7) is 4.62. The quantitative estimate of drug-likeness (QED) is 0.723. The molecule has 2 aliphatic carbocycles. The Morgan fingerprint density at radius 2 is 1.39 bits per heavy atom. The van der Waals surface area contributed by atoms with Crippen molar-refractivity contribution in [3.05, 3.63) is 45.8 Å². The second-order valence-electron chi connectivity index (χ2n) is 7.43. The van der Waals surface area contributed by atoms with E-state index in [1.54, 1.807) is 21.6 Å². The highest BCUT2D eigenvalue weighted by molar-refractivity contribution is 5.89. The van der Waals surface area contributed by atoms with Gasteiger partial charge in [0.05, 0.1) is 0 Å². The van der Waals surface area contributed by atoms with E-state index >= 15 is 0 Å². The standard InChI is InChI=1S/C23H28/c1-3-5-9-18-19-11-7-8-12-21(19)23-15-17-13-16(17)14-22(23)20(18)10-6-4-2/h7-8,11-12,14-17H,3-6,9-10,13H2,1-2H3. The molecule has 0 amide bonds. The van der Waals surface area contributed by atoms with Crippen molar-refractivity contribution in [3.63, 3.8) is 0 Å². The number of unbranched alkanes of at least 4 members (excludes halogenated alkanes) is 2. The maximum absolute atomic E-state index is 2.62. The van der Waals surface area contributed by atoms with Gasteiger partial charge in [0.25, 0.3) is 0 Å². The second kappa shape index (κ2) is 6.15. The molecule has 0 radical (unpaired) electrons. The van der Waals surface area contributed by atoms with Gasteiger partial charge in [0.15, 0.2) is 0 Å². The van der Waals surface area contributed by atoms with Crippen LogP contribution in [0.3, 0.4) is 0 Å². The monoisotopic (exact) mass is 304 g/mol. The van der Waals surface area contributed by atoms with E-state index in [0.717, 1.165) is 11.8 Å². The molecule has 4 rings (SSSR count). The average molecular weight is 304 g/mol. The number of hydrogen-bond acceptors (Lipinski definition) is 0. The Hall–Kier alpha value is -1.56. The lowest BCUT2D eigenvalue weighted by Crippen LogP contribution is -2.33. The summed E-state index contributed by atoms with van der Waals surface area (Å²) in [6, 6.07) is 9.15. The molecule has 1 fully saturated rings. The summed E-state index contributed by atoms with van der Waals surface area (Å²) in [5, 5.41) is 6.16. The van der Waals surface area contributed by atoms with Gasteiger partial charge in [-0.1, -0.05) is 63.1 Å². The summed E-state index contributed by atoms with van der Waals surface area (Å²) in [4.78, 5) is 0. The van der Waals surface area contributed by atoms with Crippen LogP contribution in [0.15, 0.2) is 24.3 Å². The molecule has 0 aromatic heterocycles. The van der Waals surface area contributed by atoms with Crippen LogP contribution in [0.2, 0.25) is 0 Å². The molecule has 0 N–H and O–H groups in total. The second-order valence-corrected chi connectivity index (χ2v) is 7.43. The van der Waals surface area contributed by atoms with Crippen LogP contribution < -0.4 is 10.4 Å². The normalized spacial score (nSPS) is 21.3. The lowest BCUT2D eigenvalue weighted by Gasteiger charge is -2.17. The highest BCUT2D eigenvalue weighted by Crippen LogP contribution is 2.42. The van der Waals surface area contributed by atoms with Crippen molar-refractivity contribution in [2.24, 2.45) is 11.8 Å². The SMILES string of the molecule is CCCCc1c(CCCC)c2ccccc2c2c1=CC1CC1C=2. The van der Waals surface area contributed by atoms with Crippen LogP contribution in [0.4, 0.5) is 0 Å². The van der Waals surface area contributed by atoms with E-state index in [9.17, 15) is 0 Å². The van der Waals surface area contributed by atoms with E-state index in [-0.39, 0.29) is 0 Å².